The third-order valence-corrected chi connectivity index (χ3v) is 2.68. The van der Waals surface area contributed by atoms with Crippen LogP contribution in [0.1, 0.15) is 38.4 Å². The van der Waals surface area contributed by atoms with Crippen LogP contribution in [0.25, 0.3) is 0 Å². The van der Waals surface area contributed by atoms with Crippen LogP contribution in [0.4, 0.5) is 0 Å². The molecule has 1 aromatic rings. The standard InChI is InChI=1S/C13H23N3O/c1-11(2)4-8-17-9-5-12(14-3)13-10-15-6-7-16-13/h6-7,10-12,14H,4-5,8-9H2,1-3H3. The molecule has 0 amide bonds. The normalized spacial score (nSPS) is 12.9. The van der Waals surface area contributed by atoms with Gasteiger partial charge < -0.3 is 10.1 Å². The van der Waals surface area contributed by atoms with Gasteiger partial charge in [-0.1, -0.05) is 13.8 Å². The summed E-state index contributed by atoms with van der Waals surface area (Å²) in [6, 6.07) is 0.225. The zero-order valence-electron chi connectivity index (χ0n) is 11.0. The zero-order valence-corrected chi connectivity index (χ0v) is 11.0. The first-order valence-corrected chi connectivity index (χ1v) is 6.25. The fourth-order valence-corrected chi connectivity index (χ4v) is 1.55. The van der Waals surface area contributed by atoms with E-state index in [1.165, 1.54) is 0 Å². The van der Waals surface area contributed by atoms with Crippen LogP contribution in [0, 0.1) is 5.92 Å². The molecule has 0 aliphatic rings. The van der Waals surface area contributed by atoms with Crippen molar-refractivity contribution in [1.29, 1.82) is 0 Å². The van der Waals surface area contributed by atoms with Crippen LogP contribution in [-0.4, -0.2) is 30.2 Å². The van der Waals surface area contributed by atoms with E-state index in [-0.39, 0.29) is 6.04 Å². The first-order valence-electron chi connectivity index (χ1n) is 6.25. The van der Waals surface area contributed by atoms with E-state index in [2.05, 4.69) is 29.1 Å². The molecule has 1 atom stereocenters. The number of aromatic nitrogens is 2. The van der Waals surface area contributed by atoms with Crippen LogP contribution in [0.3, 0.4) is 0 Å². The molecule has 0 bridgehead atoms. The maximum Gasteiger partial charge on any atom is 0.0756 e. The van der Waals surface area contributed by atoms with Gasteiger partial charge in [0.05, 0.1) is 11.7 Å². The van der Waals surface area contributed by atoms with Crippen LogP contribution >= 0.6 is 0 Å². The summed E-state index contributed by atoms with van der Waals surface area (Å²) < 4.78 is 5.61. The molecule has 0 aromatic carbocycles. The Morgan fingerprint density at radius 3 is 2.59 bits per heavy atom. The first-order chi connectivity index (χ1) is 8.24. The van der Waals surface area contributed by atoms with E-state index in [1.54, 1.807) is 18.6 Å². The molecule has 0 radical (unpaired) electrons. The van der Waals surface area contributed by atoms with Gasteiger partial charge >= 0.3 is 0 Å². The molecule has 0 aliphatic heterocycles. The topological polar surface area (TPSA) is 47.0 Å². The van der Waals surface area contributed by atoms with E-state index in [9.17, 15) is 0 Å². The van der Waals surface area contributed by atoms with Crippen LogP contribution in [0.2, 0.25) is 0 Å². The summed E-state index contributed by atoms with van der Waals surface area (Å²) >= 11 is 0. The summed E-state index contributed by atoms with van der Waals surface area (Å²) in [6.07, 6.45) is 7.26. The lowest BCUT2D eigenvalue weighted by molar-refractivity contribution is 0.114. The molecule has 96 valence electrons. The summed E-state index contributed by atoms with van der Waals surface area (Å²) in [6.45, 7) is 6.02. The van der Waals surface area contributed by atoms with Crippen LogP contribution in [0.5, 0.6) is 0 Å². The Morgan fingerprint density at radius 1 is 1.24 bits per heavy atom. The maximum absolute atomic E-state index is 5.61. The fraction of sp³-hybridized carbons (Fsp3) is 0.692. The molecule has 0 fully saturated rings. The van der Waals surface area contributed by atoms with Gasteiger partial charge in [0.1, 0.15) is 0 Å². The average molecular weight is 237 g/mol. The minimum absolute atomic E-state index is 0.225. The van der Waals surface area contributed by atoms with Gasteiger partial charge in [-0.25, -0.2) is 0 Å². The molecule has 1 N–H and O–H groups in total. The molecular weight excluding hydrogens is 214 g/mol. The highest BCUT2D eigenvalue weighted by atomic mass is 16.5. The van der Waals surface area contributed by atoms with Crippen molar-refractivity contribution in [2.24, 2.45) is 5.92 Å². The largest absolute Gasteiger partial charge is 0.381 e. The number of hydrogen-bond acceptors (Lipinski definition) is 4. The maximum atomic E-state index is 5.61. The van der Waals surface area contributed by atoms with Crippen molar-refractivity contribution in [3.05, 3.63) is 24.3 Å². The second-order valence-electron chi connectivity index (χ2n) is 4.56. The highest BCUT2D eigenvalue weighted by Gasteiger charge is 2.10. The number of hydrogen-bond donors (Lipinski definition) is 1. The molecule has 17 heavy (non-hydrogen) atoms. The summed E-state index contributed by atoms with van der Waals surface area (Å²) in [5, 5.41) is 3.24. The monoisotopic (exact) mass is 237 g/mol. The van der Waals surface area contributed by atoms with Crippen molar-refractivity contribution in [2.75, 3.05) is 20.3 Å². The molecule has 1 aromatic heterocycles. The lowest BCUT2D eigenvalue weighted by Gasteiger charge is -2.15. The van der Waals surface area contributed by atoms with Crippen LogP contribution < -0.4 is 5.32 Å². The second kappa shape index (κ2) is 8.14. The third kappa shape index (κ3) is 5.75. The molecule has 0 spiro atoms. The Balaban J connectivity index is 2.24. The SMILES string of the molecule is CNC(CCOCCC(C)C)c1cnccn1. The number of rotatable bonds is 8. The van der Waals surface area contributed by atoms with Gasteiger partial charge in [-0.3, -0.25) is 9.97 Å². The smallest absolute Gasteiger partial charge is 0.0756 e. The van der Waals surface area contributed by atoms with E-state index in [4.69, 9.17) is 4.74 Å². The molecule has 0 saturated heterocycles. The van der Waals surface area contributed by atoms with Gasteiger partial charge in [-0.2, -0.15) is 0 Å². The molecular formula is C13H23N3O. The molecule has 1 rings (SSSR count). The summed E-state index contributed by atoms with van der Waals surface area (Å²) in [7, 11) is 1.94. The molecule has 0 saturated carbocycles. The predicted molar refractivity (Wildman–Crippen MR) is 68.7 cm³/mol. The molecule has 0 aliphatic carbocycles. The average Bonchev–Trinajstić information content (AvgIpc) is 2.34. The first kappa shape index (κ1) is 14.1. The summed E-state index contributed by atoms with van der Waals surface area (Å²) in [5.41, 5.74) is 0.974. The number of ether oxygens (including phenoxy) is 1. The van der Waals surface area contributed by atoms with Crippen molar-refractivity contribution < 1.29 is 4.74 Å². The highest BCUT2D eigenvalue weighted by Crippen LogP contribution is 2.12. The van der Waals surface area contributed by atoms with E-state index in [0.717, 1.165) is 31.7 Å². The van der Waals surface area contributed by atoms with Crippen molar-refractivity contribution in [2.45, 2.75) is 32.7 Å². The fourth-order valence-electron chi connectivity index (χ4n) is 1.55. The van der Waals surface area contributed by atoms with Gasteiger partial charge in [0.25, 0.3) is 0 Å². The number of nitrogens with zero attached hydrogens (tertiary/aromatic N) is 2. The van der Waals surface area contributed by atoms with E-state index < -0.39 is 0 Å². The Hall–Kier alpha value is -1.00. The third-order valence-electron chi connectivity index (χ3n) is 2.68. The zero-order chi connectivity index (χ0) is 12.5. The Labute approximate surface area is 104 Å². The quantitative estimate of drug-likeness (QED) is 0.704. The predicted octanol–water partition coefficient (Wildman–Crippen LogP) is 2.19. The lowest BCUT2D eigenvalue weighted by atomic mass is 10.1. The van der Waals surface area contributed by atoms with Crippen molar-refractivity contribution in [3.8, 4) is 0 Å². The van der Waals surface area contributed by atoms with E-state index in [0.29, 0.717) is 5.92 Å². The lowest BCUT2D eigenvalue weighted by Crippen LogP contribution is -2.19. The van der Waals surface area contributed by atoms with Gasteiger partial charge in [-0.05, 0) is 25.8 Å². The van der Waals surface area contributed by atoms with Gasteiger partial charge in [0, 0.05) is 31.8 Å². The van der Waals surface area contributed by atoms with E-state index >= 15 is 0 Å². The summed E-state index contributed by atoms with van der Waals surface area (Å²) in [5.74, 6) is 0.704. The van der Waals surface area contributed by atoms with E-state index in [1.807, 2.05) is 7.05 Å². The highest BCUT2D eigenvalue weighted by molar-refractivity contribution is 5.01. The second-order valence-corrected chi connectivity index (χ2v) is 4.56. The van der Waals surface area contributed by atoms with Gasteiger partial charge in [-0.15, -0.1) is 0 Å². The van der Waals surface area contributed by atoms with Gasteiger partial charge in [0.15, 0.2) is 0 Å². The Morgan fingerprint density at radius 2 is 2.00 bits per heavy atom. The minimum Gasteiger partial charge on any atom is -0.381 e. The molecule has 1 heterocycles. The minimum atomic E-state index is 0.225. The van der Waals surface area contributed by atoms with Crippen molar-refractivity contribution in [1.82, 2.24) is 15.3 Å². The molecule has 4 nitrogen and oxygen atoms in total. The van der Waals surface area contributed by atoms with Crippen LogP contribution in [0.15, 0.2) is 18.6 Å². The van der Waals surface area contributed by atoms with Crippen molar-refractivity contribution >= 4 is 0 Å². The van der Waals surface area contributed by atoms with Gasteiger partial charge in [0.2, 0.25) is 0 Å². The van der Waals surface area contributed by atoms with Crippen LogP contribution in [-0.2, 0) is 4.74 Å². The van der Waals surface area contributed by atoms with Crippen molar-refractivity contribution in [3.63, 3.8) is 0 Å². The molecule has 4 heteroatoms. The number of nitrogens with one attached hydrogen (secondary N) is 1. The Kier molecular flexibility index (Phi) is 6.74. The summed E-state index contributed by atoms with van der Waals surface area (Å²) in [4.78, 5) is 8.37. The molecule has 1 unspecified atom stereocenters. The Bertz CT molecular complexity index is 290.